The van der Waals surface area contributed by atoms with Crippen molar-refractivity contribution in [2.45, 2.75) is 38.4 Å². The summed E-state index contributed by atoms with van der Waals surface area (Å²) in [7, 11) is 3.35. The number of methoxy groups -OCH3 is 2. The van der Waals surface area contributed by atoms with Crippen LogP contribution in [-0.2, 0) is 6.54 Å². The van der Waals surface area contributed by atoms with Crippen molar-refractivity contribution in [3.63, 3.8) is 0 Å². The smallest absolute Gasteiger partial charge is 0.122 e. The summed E-state index contributed by atoms with van der Waals surface area (Å²) < 4.78 is 10.6. The lowest BCUT2D eigenvalue weighted by atomic mass is 9.96. The van der Waals surface area contributed by atoms with Gasteiger partial charge >= 0.3 is 0 Å². The van der Waals surface area contributed by atoms with Gasteiger partial charge in [0.25, 0.3) is 0 Å². The SMILES string of the molecule is COc1cc(CN2CCC(N)C2(C)C)cc(OC)c1. The molecule has 1 heterocycles. The highest BCUT2D eigenvalue weighted by Crippen LogP contribution is 2.31. The van der Waals surface area contributed by atoms with Crippen LogP contribution in [0.5, 0.6) is 11.5 Å². The Balaban J connectivity index is 2.19. The number of benzene rings is 1. The van der Waals surface area contributed by atoms with Crippen molar-refractivity contribution >= 4 is 0 Å². The Morgan fingerprint density at radius 2 is 1.79 bits per heavy atom. The van der Waals surface area contributed by atoms with E-state index in [1.807, 2.05) is 6.07 Å². The molecule has 0 saturated carbocycles. The van der Waals surface area contributed by atoms with Gasteiger partial charge in [-0.1, -0.05) is 0 Å². The Bertz CT molecular complexity index is 424. The number of likely N-dealkylation sites (tertiary alicyclic amines) is 1. The van der Waals surface area contributed by atoms with Crippen molar-refractivity contribution in [1.82, 2.24) is 4.90 Å². The van der Waals surface area contributed by atoms with E-state index >= 15 is 0 Å². The van der Waals surface area contributed by atoms with Crippen molar-refractivity contribution in [1.29, 1.82) is 0 Å². The van der Waals surface area contributed by atoms with Crippen LogP contribution in [0.1, 0.15) is 25.8 Å². The molecule has 1 aliphatic rings. The molecule has 2 rings (SSSR count). The average molecular weight is 264 g/mol. The van der Waals surface area contributed by atoms with Crippen LogP contribution < -0.4 is 15.2 Å². The first-order valence-corrected chi connectivity index (χ1v) is 6.70. The molecule has 106 valence electrons. The normalized spacial score (nSPS) is 22.5. The third-order valence-corrected chi connectivity index (χ3v) is 4.22. The molecule has 1 unspecified atom stereocenters. The molecule has 1 aromatic carbocycles. The summed E-state index contributed by atoms with van der Waals surface area (Å²) in [6, 6.07) is 6.25. The molecular formula is C15H24N2O2. The number of hydrogen-bond donors (Lipinski definition) is 1. The predicted molar refractivity (Wildman–Crippen MR) is 76.6 cm³/mol. The Morgan fingerprint density at radius 3 is 2.21 bits per heavy atom. The van der Waals surface area contributed by atoms with E-state index in [0.29, 0.717) is 0 Å². The van der Waals surface area contributed by atoms with E-state index in [1.54, 1.807) is 14.2 Å². The predicted octanol–water partition coefficient (Wildman–Crippen LogP) is 2.02. The second-order valence-electron chi connectivity index (χ2n) is 5.69. The molecule has 0 spiro atoms. The van der Waals surface area contributed by atoms with Gasteiger partial charge in [0.15, 0.2) is 0 Å². The minimum Gasteiger partial charge on any atom is -0.497 e. The molecule has 1 aromatic rings. The highest BCUT2D eigenvalue weighted by Gasteiger charge is 2.38. The molecule has 4 heteroatoms. The van der Waals surface area contributed by atoms with Crippen LogP contribution in [0.3, 0.4) is 0 Å². The lowest BCUT2D eigenvalue weighted by Gasteiger charge is -2.34. The zero-order valence-electron chi connectivity index (χ0n) is 12.3. The Morgan fingerprint density at radius 1 is 1.21 bits per heavy atom. The second-order valence-corrected chi connectivity index (χ2v) is 5.69. The lowest BCUT2D eigenvalue weighted by molar-refractivity contribution is 0.154. The van der Waals surface area contributed by atoms with Gasteiger partial charge in [-0.3, -0.25) is 4.90 Å². The van der Waals surface area contributed by atoms with Gasteiger partial charge in [-0.15, -0.1) is 0 Å². The quantitative estimate of drug-likeness (QED) is 0.904. The molecule has 0 aromatic heterocycles. The minimum absolute atomic E-state index is 0.0380. The fraction of sp³-hybridized carbons (Fsp3) is 0.600. The number of hydrogen-bond acceptors (Lipinski definition) is 4. The highest BCUT2D eigenvalue weighted by molar-refractivity contribution is 5.38. The summed E-state index contributed by atoms with van der Waals surface area (Å²) in [4.78, 5) is 2.42. The van der Waals surface area contributed by atoms with Crippen molar-refractivity contribution in [2.24, 2.45) is 5.73 Å². The third kappa shape index (κ3) is 2.85. The largest absolute Gasteiger partial charge is 0.497 e. The number of nitrogens with two attached hydrogens (primary N) is 1. The maximum Gasteiger partial charge on any atom is 0.122 e. The summed E-state index contributed by atoms with van der Waals surface area (Å²) in [5.74, 6) is 1.66. The van der Waals surface area contributed by atoms with E-state index in [4.69, 9.17) is 15.2 Å². The van der Waals surface area contributed by atoms with Gasteiger partial charge in [0, 0.05) is 30.7 Å². The maximum absolute atomic E-state index is 6.18. The van der Waals surface area contributed by atoms with E-state index in [9.17, 15) is 0 Å². The fourth-order valence-electron chi connectivity index (χ4n) is 2.63. The third-order valence-electron chi connectivity index (χ3n) is 4.22. The van der Waals surface area contributed by atoms with Crippen LogP contribution in [0, 0.1) is 0 Å². The van der Waals surface area contributed by atoms with Crippen LogP contribution in [0.2, 0.25) is 0 Å². The van der Waals surface area contributed by atoms with Gasteiger partial charge < -0.3 is 15.2 Å². The van der Waals surface area contributed by atoms with Gasteiger partial charge in [0.2, 0.25) is 0 Å². The minimum atomic E-state index is 0.0380. The van der Waals surface area contributed by atoms with E-state index in [0.717, 1.165) is 31.0 Å². The van der Waals surface area contributed by atoms with Crippen LogP contribution in [0.15, 0.2) is 18.2 Å². The molecule has 19 heavy (non-hydrogen) atoms. The van der Waals surface area contributed by atoms with Crippen molar-refractivity contribution < 1.29 is 9.47 Å². The van der Waals surface area contributed by atoms with E-state index < -0.39 is 0 Å². The van der Waals surface area contributed by atoms with Crippen LogP contribution >= 0.6 is 0 Å². The molecule has 0 aliphatic carbocycles. The van der Waals surface area contributed by atoms with Gasteiger partial charge in [0.05, 0.1) is 14.2 Å². The monoisotopic (exact) mass is 264 g/mol. The molecule has 1 aliphatic heterocycles. The highest BCUT2D eigenvalue weighted by atomic mass is 16.5. The first kappa shape index (κ1) is 14.2. The van der Waals surface area contributed by atoms with E-state index in [2.05, 4.69) is 30.9 Å². The summed E-state index contributed by atoms with van der Waals surface area (Å²) in [6.45, 7) is 6.33. The molecular weight excluding hydrogens is 240 g/mol. The molecule has 4 nitrogen and oxygen atoms in total. The standard InChI is InChI=1S/C15H24N2O2/c1-15(2)14(16)5-6-17(15)10-11-7-12(18-3)9-13(8-11)19-4/h7-9,14H,5-6,10,16H2,1-4H3. The first-order chi connectivity index (χ1) is 8.97. The van der Waals surface area contributed by atoms with E-state index in [1.165, 1.54) is 5.56 Å². The van der Waals surface area contributed by atoms with Crippen molar-refractivity contribution in [2.75, 3.05) is 20.8 Å². The zero-order valence-corrected chi connectivity index (χ0v) is 12.3. The molecule has 0 bridgehead atoms. The molecule has 0 amide bonds. The average Bonchev–Trinajstić information content (AvgIpc) is 2.65. The van der Waals surface area contributed by atoms with Crippen LogP contribution in [-0.4, -0.2) is 37.2 Å². The Labute approximate surface area is 115 Å². The maximum atomic E-state index is 6.18. The lowest BCUT2D eigenvalue weighted by Crippen LogP contribution is -2.48. The van der Waals surface area contributed by atoms with E-state index in [-0.39, 0.29) is 11.6 Å². The Hall–Kier alpha value is -1.26. The molecule has 1 atom stereocenters. The molecule has 2 N–H and O–H groups in total. The summed E-state index contributed by atoms with van der Waals surface area (Å²) in [5, 5.41) is 0. The van der Waals surface area contributed by atoms with Gasteiger partial charge in [0.1, 0.15) is 11.5 Å². The number of nitrogens with zero attached hydrogens (tertiary/aromatic N) is 1. The summed E-state index contributed by atoms with van der Waals surface area (Å²) in [5.41, 5.74) is 7.41. The number of ether oxygens (including phenoxy) is 2. The van der Waals surface area contributed by atoms with Crippen molar-refractivity contribution in [3.05, 3.63) is 23.8 Å². The van der Waals surface area contributed by atoms with Crippen LogP contribution in [0.4, 0.5) is 0 Å². The van der Waals surface area contributed by atoms with Gasteiger partial charge in [-0.05, 0) is 38.0 Å². The first-order valence-electron chi connectivity index (χ1n) is 6.70. The van der Waals surface area contributed by atoms with Crippen LogP contribution in [0.25, 0.3) is 0 Å². The fourth-order valence-corrected chi connectivity index (χ4v) is 2.63. The van der Waals surface area contributed by atoms with Crippen molar-refractivity contribution in [3.8, 4) is 11.5 Å². The van der Waals surface area contributed by atoms with Gasteiger partial charge in [-0.2, -0.15) is 0 Å². The molecule has 0 radical (unpaired) electrons. The Kier molecular flexibility index (Phi) is 4.02. The second kappa shape index (κ2) is 5.39. The summed E-state index contributed by atoms with van der Waals surface area (Å²) in [6.07, 6.45) is 1.05. The van der Waals surface area contributed by atoms with Gasteiger partial charge in [-0.25, -0.2) is 0 Å². The summed E-state index contributed by atoms with van der Waals surface area (Å²) >= 11 is 0. The molecule has 1 saturated heterocycles. The topological polar surface area (TPSA) is 47.7 Å². The zero-order chi connectivity index (χ0) is 14.0. The molecule has 1 fully saturated rings. The number of rotatable bonds is 4.